The van der Waals surface area contributed by atoms with Gasteiger partial charge in [-0.25, -0.2) is 8.42 Å². The number of nitrogens with zero attached hydrogens (tertiary/aromatic N) is 1. The lowest BCUT2D eigenvalue weighted by Crippen LogP contribution is -2.35. The Kier molecular flexibility index (Phi) is 5.43. The zero-order valence-electron chi connectivity index (χ0n) is 15.5. The molecule has 1 heterocycles. The Bertz CT molecular complexity index is 1160. The number of nitrogens with one attached hydrogen (secondary N) is 1. The second-order valence-corrected chi connectivity index (χ2v) is 9.49. The van der Waals surface area contributed by atoms with Crippen LogP contribution >= 0.6 is 15.9 Å². The number of halogens is 1. The van der Waals surface area contributed by atoms with Gasteiger partial charge in [-0.05, 0) is 76.8 Å². The van der Waals surface area contributed by atoms with E-state index in [-0.39, 0.29) is 10.8 Å². The SMILES string of the molecule is O=C(Nc1ccc2c(c1)CCCN2S(=O)(=O)c1ccccc1)c1ccccc1Br. The molecule has 0 unspecified atom stereocenters. The number of anilines is 2. The van der Waals surface area contributed by atoms with Crippen molar-refractivity contribution in [2.45, 2.75) is 17.7 Å². The minimum Gasteiger partial charge on any atom is -0.322 e. The van der Waals surface area contributed by atoms with E-state index < -0.39 is 10.0 Å². The van der Waals surface area contributed by atoms with Gasteiger partial charge in [-0.1, -0.05) is 30.3 Å². The zero-order valence-corrected chi connectivity index (χ0v) is 17.9. The summed E-state index contributed by atoms with van der Waals surface area (Å²) in [6.45, 7) is 0.437. The third-order valence-corrected chi connectivity index (χ3v) is 7.38. The summed E-state index contributed by atoms with van der Waals surface area (Å²) in [5.41, 5.74) is 2.75. The summed E-state index contributed by atoms with van der Waals surface area (Å²) >= 11 is 3.39. The van der Waals surface area contributed by atoms with Crippen LogP contribution in [0.4, 0.5) is 11.4 Å². The molecule has 0 atom stereocenters. The quantitative estimate of drug-likeness (QED) is 0.592. The van der Waals surface area contributed by atoms with Crippen LogP contribution in [0.25, 0.3) is 0 Å². The molecule has 0 spiro atoms. The van der Waals surface area contributed by atoms with Crippen molar-refractivity contribution in [2.24, 2.45) is 0 Å². The van der Waals surface area contributed by atoms with Crippen molar-refractivity contribution < 1.29 is 13.2 Å². The standard InChI is InChI=1S/C22H19BrN2O3S/c23-20-11-5-4-10-19(20)22(26)24-17-12-13-21-16(15-17)7-6-14-25(21)29(27,28)18-8-2-1-3-9-18/h1-5,8-13,15H,6-7,14H2,(H,24,26). The molecule has 1 aliphatic rings. The summed E-state index contributed by atoms with van der Waals surface area (Å²) in [6.07, 6.45) is 1.48. The lowest BCUT2D eigenvalue weighted by atomic mass is 10.0. The summed E-state index contributed by atoms with van der Waals surface area (Å²) in [5.74, 6) is -0.220. The number of hydrogen-bond acceptors (Lipinski definition) is 3. The zero-order chi connectivity index (χ0) is 20.4. The molecule has 0 saturated carbocycles. The molecule has 0 saturated heterocycles. The highest BCUT2D eigenvalue weighted by Crippen LogP contribution is 2.34. The first-order chi connectivity index (χ1) is 14.0. The largest absolute Gasteiger partial charge is 0.322 e. The van der Waals surface area contributed by atoms with E-state index in [2.05, 4.69) is 21.2 Å². The lowest BCUT2D eigenvalue weighted by molar-refractivity contribution is 0.102. The Morgan fingerprint density at radius 2 is 1.69 bits per heavy atom. The van der Waals surface area contributed by atoms with Gasteiger partial charge in [0.2, 0.25) is 0 Å². The fraction of sp³-hybridized carbons (Fsp3) is 0.136. The van der Waals surface area contributed by atoms with Crippen LogP contribution in [0, 0.1) is 0 Å². The van der Waals surface area contributed by atoms with Gasteiger partial charge in [-0.3, -0.25) is 9.10 Å². The molecule has 3 aromatic rings. The highest BCUT2D eigenvalue weighted by atomic mass is 79.9. The van der Waals surface area contributed by atoms with Crippen LogP contribution in [0.15, 0.2) is 82.2 Å². The van der Waals surface area contributed by atoms with Crippen LogP contribution in [0.5, 0.6) is 0 Å². The number of aryl methyl sites for hydroxylation is 1. The Hall–Kier alpha value is -2.64. The lowest BCUT2D eigenvalue weighted by Gasteiger charge is -2.31. The van der Waals surface area contributed by atoms with Crippen molar-refractivity contribution in [3.05, 3.63) is 88.4 Å². The number of sulfonamides is 1. The van der Waals surface area contributed by atoms with Gasteiger partial charge < -0.3 is 5.32 Å². The summed E-state index contributed by atoms with van der Waals surface area (Å²) in [4.78, 5) is 12.8. The molecule has 1 amide bonds. The molecule has 0 bridgehead atoms. The number of carbonyl (C=O) groups is 1. The van der Waals surface area contributed by atoms with Crippen LogP contribution < -0.4 is 9.62 Å². The molecule has 1 N–H and O–H groups in total. The molecular weight excluding hydrogens is 452 g/mol. The molecule has 0 radical (unpaired) electrons. The van der Waals surface area contributed by atoms with Crippen molar-refractivity contribution in [2.75, 3.05) is 16.2 Å². The first kappa shape index (κ1) is 19.7. The average molecular weight is 471 g/mol. The summed E-state index contributed by atoms with van der Waals surface area (Å²) < 4.78 is 28.3. The van der Waals surface area contributed by atoms with Crippen molar-refractivity contribution in [1.29, 1.82) is 0 Å². The Balaban J connectivity index is 1.62. The first-order valence-corrected chi connectivity index (χ1v) is 11.5. The minimum absolute atomic E-state index is 0.220. The van der Waals surface area contributed by atoms with Crippen LogP contribution in [0.1, 0.15) is 22.3 Å². The van der Waals surface area contributed by atoms with E-state index in [0.717, 1.165) is 22.9 Å². The normalized spacial score (nSPS) is 13.6. The van der Waals surface area contributed by atoms with E-state index in [0.29, 0.717) is 23.5 Å². The van der Waals surface area contributed by atoms with E-state index in [1.165, 1.54) is 4.31 Å². The first-order valence-electron chi connectivity index (χ1n) is 9.23. The third kappa shape index (κ3) is 3.93. The van der Waals surface area contributed by atoms with Gasteiger partial charge in [0, 0.05) is 16.7 Å². The molecule has 5 nitrogen and oxygen atoms in total. The second-order valence-electron chi connectivity index (χ2n) is 6.77. The molecule has 3 aromatic carbocycles. The Morgan fingerprint density at radius 1 is 0.966 bits per heavy atom. The summed E-state index contributed by atoms with van der Waals surface area (Å²) in [6, 6.07) is 21.0. The van der Waals surface area contributed by atoms with Gasteiger partial charge in [-0.2, -0.15) is 0 Å². The van der Waals surface area contributed by atoms with Gasteiger partial charge in [0.1, 0.15) is 0 Å². The molecule has 0 aromatic heterocycles. The number of benzene rings is 3. The fourth-order valence-corrected chi connectivity index (χ4v) is 5.48. The third-order valence-electron chi connectivity index (χ3n) is 4.86. The number of amides is 1. The van der Waals surface area contributed by atoms with E-state index in [4.69, 9.17) is 0 Å². The molecule has 7 heteroatoms. The predicted octanol–water partition coefficient (Wildman–Crippen LogP) is 4.84. The highest BCUT2D eigenvalue weighted by Gasteiger charge is 2.29. The smallest absolute Gasteiger partial charge is 0.264 e. The number of hydrogen-bond donors (Lipinski definition) is 1. The predicted molar refractivity (Wildman–Crippen MR) is 118 cm³/mol. The Labute approximate surface area is 178 Å². The molecule has 0 fully saturated rings. The maximum absolute atomic E-state index is 13.1. The van der Waals surface area contributed by atoms with Crippen molar-refractivity contribution >= 4 is 43.2 Å². The van der Waals surface area contributed by atoms with Crippen molar-refractivity contribution in [1.82, 2.24) is 0 Å². The maximum atomic E-state index is 13.1. The van der Waals surface area contributed by atoms with Crippen LogP contribution in [0.2, 0.25) is 0 Å². The van der Waals surface area contributed by atoms with Crippen molar-refractivity contribution in [3.8, 4) is 0 Å². The minimum atomic E-state index is -3.62. The van der Waals surface area contributed by atoms with Crippen LogP contribution in [0.3, 0.4) is 0 Å². The molecule has 4 rings (SSSR count). The van der Waals surface area contributed by atoms with Gasteiger partial charge >= 0.3 is 0 Å². The van der Waals surface area contributed by atoms with Crippen LogP contribution in [-0.2, 0) is 16.4 Å². The van der Waals surface area contributed by atoms with E-state index >= 15 is 0 Å². The Morgan fingerprint density at radius 3 is 2.45 bits per heavy atom. The van der Waals surface area contributed by atoms with Gasteiger partial charge in [0.05, 0.1) is 16.1 Å². The molecule has 1 aliphatic heterocycles. The van der Waals surface area contributed by atoms with E-state index in [1.54, 1.807) is 54.6 Å². The summed E-state index contributed by atoms with van der Waals surface area (Å²) in [7, 11) is -3.62. The molecular formula is C22H19BrN2O3S. The molecule has 29 heavy (non-hydrogen) atoms. The maximum Gasteiger partial charge on any atom is 0.264 e. The van der Waals surface area contributed by atoms with Gasteiger partial charge in [0.15, 0.2) is 0 Å². The van der Waals surface area contributed by atoms with Crippen molar-refractivity contribution in [3.63, 3.8) is 0 Å². The van der Waals surface area contributed by atoms with E-state index in [1.807, 2.05) is 18.2 Å². The number of rotatable bonds is 4. The number of fused-ring (bicyclic) bond motifs is 1. The fourth-order valence-electron chi connectivity index (χ4n) is 3.45. The summed E-state index contributed by atoms with van der Waals surface area (Å²) in [5, 5.41) is 2.90. The molecule has 148 valence electrons. The second kappa shape index (κ2) is 8.00. The van der Waals surface area contributed by atoms with Crippen LogP contribution in [-0.4, -0.2) is 20.9 Å². The van der Waals surface area contributed by atoms with Gasteiger partial charge in [-0.15, -0.1) is 0 Å². The monoisotopic (exact) mass is 470 g/mol. The van der Waals surface area contributed by atoms with E-state index in [9.17, 15) is 13.2 Å². The topological polar surface area (TPSA) is 66.5 Å². The highest BCUT2D eigenvalue weighted by molar-refractivity contribution is 9.10. The molecule has 0 aliphatic carbocycles. The van der Waals surface area contributed by atoms with Gasteiger partial charge in [0.25, 0.3) is 15.9 Å². The average Bonchev–Trinajstić information content (AvgIpc) is 2.74. The number of carbonyl (C=O) groups excluding carboxylic acids is 1.